The van der Waals surface area contributed by atoms with Gasteiger partial charge in [-0.1, -0.05) is 24.3 Å². The molecular formula is C17H21FN2. The van der Waals surface area contributed by atoms with Gasteiger partial charge in [-0.25, -0.2) is 4.39 Å². The molecule has 0 aliphatic heterocycles. The summed E-state index contributed by atoms with van der Waals surface area (Å²) >= 11 is 0. The molecule has 0 aliphatic rings. The summed E-state index contributed by atoms with van der Waals surface area (Å²) in [6, 6.07) is 15.1. The summed E-state index contributed by atoms with van der Waals surface area (Å²) in [5.41, 5.74) is 8.75. The van der Waals surface area contributed by atoms with E-state index in [1.807, 2.05) is 24.3 Å². The SMILES string of the molecule is CC(C)N(Cc1cccc(N)c1)Cc1cccc(F)c1. The topological polar surface area (TPSA) is 29.3 Å². The molecule has 0 spiro atoms. The van der Waals surface area contributed by atoms with Crippen LogP contribution in [0.1, 0.15) is 25.0 Å². The standard InChI is InChI=1S/C17H21FN2/c1-13(2)20(11-14-5-3-7-16(18)9-14)12-15-6-4-8-17(19)10-15/h3-10,13H,11-12,19H2,1-2H3. The summed E-state index contributed by atoms with van der Waals surface area (Å²) in [5, 5.41) is 0. The molecule has 0 aromatic heterocycles. The van der Waals surface area contributed by atoms with Crippen molar-refractivity contribution in [3.05, 3.63) is 65.5 Å². The summed E-state index contributed by atoms with van der Waals surface area (Å²) in [5.74, 6) is -0.185. The Labute approximate surface area is 120 Å². The Morgan fingerprint density at radius 1 is 1.00 bits per heavy atom. The second kappa shape index (κ2) is 6.53. The lowest BCUT2D eigenvalue weighted by molar-refractivity contribution is 0.203. The first-order chi connectivity index (χ1) is 9.54. The van der Waals surface area contributed by atoms with E-state index in [1.165, 1.54) is 11.6 Å². The van der Waals surface area contributed by atoms with Crippen molar-refractivity contribution in [2.45, 2.75) is 33.0 Å². The quantitative estimate of drug-likeness (QED) is 0.838. The molecule has 106 valence electrons. The summed E-state index contributed by atoms with van der Waals surface area (Å²) in [7, 11) is 0. The molecule has 0 fully saturated rings. The molecule has 20 heavy (non-hydrogen) atoms. The van der Waals surface area contributed by atoms with Crippen molar-refractivity contribution in [3.63, 3.8) is 0 Å². The molecular weight excluding hydrogens is 251 g/mol. The average molecular weight is 272 g/mol. The van der Waals surface area contributed by atoms with Gasteiger partial charge in [-0.15, -0.1) is 0 Å². The lowest BCUT2D eigenvalue weighted by atomic mass is 10.1. The highest BCUT2D eigenvalue weighted by Crippen LogP contribution is 2.15. The molecule has 0 bridgehead atoms. The van der Waals surface area contributed by atoms with Crippen LogP contribution in [-0.4, -0.2) is 10.9 Å². The van der Waals surface area contributed by atoms with Crippen molar-refractivity contribution in [1.29, 1.82) is 0 Å². The Morgan fingerprint density at radius 3 is 2.15 bits per heavy atom. The highest BCUT2D eigenvalue weighted by atomic mass is 19.1. The van der Waals surface area contributed by atoms with Crippen LogP contribution in [0.4, 0.5) is 10.1 Å². The minimum absolute atomic E-state index is 0.185. The fraction of sp³-hybridized carbons (Fsp3) is 0.294. The van der Waals surface area contributed by atoms with Crippen molar-refractivity contribution in [3.8, 4) is 0 Å². The van der Waals surface area contributed by atoms with Gasteiger partial charge in [-0.05, 0) is 49.2 Å². The van der Waals surface area contributed by atoms with Gasteiger partial charge in [0.15, 0.2) is 0 Å². The van der Waals surface area contributed by atoms with Crippen LogP contribution in [0.3, 0.4) is 0 Å². The second-order valence-electron chi connectivity index (χ2n) is 5.37. The van der Waals surface area contributed by atoms with E-state index in [2.05, 4.69) is 24.8 Å². The Bertz CT molecular complexity index is 519. The molecule has 2 N–H and O–H groups in total. The van der Waals surface area contributed by atoms with Crippen LogP contribution in [-0.2, 0) is 13.1 Å². The molecule has 2 nitrogen and oxygen atoms in total. The predicted molar refractivity (Wildman–Crippen MR) is 81.6 cm³/mol. The van der Waals surface area contributed by atoms with Gasteiger partial charge in [-0.3, -0.25) is 4.90 Å². The molecule has 0 atom stereocenters. The van der Waals surface area contributed by atoms with Gasteiger partial charge in [0.05, 0.1) is 0 Å². The second-order valence-corrected chi connectivity index (χ2v) is 5.37. The molecule has 0 amide bonds. The van der Waals surface area contributed by atoms with Crippen LogP contribution < -0.4 is 5.73 Å². The molecule has 2 aromatic rings. The maximum Gasteiger partial charge on any atom is 0.123 e. The Morgan fingerprint density at radius 2 is 1.60 bits per heavy atom. The number of nitrogens with two attached hydrogens (primary N) is 1. The largest absolute Gasteiger partial charge is 0.399 e. The minimum Gasteiger partial charge on any atom is -0.399 e. The van der Waals surface area contributed by atoms with Crippen LogP contribution in [0.25, 0.3) is 0 Å². The zero-order valence-corrected chi connectivity index (χ0v) is 12.0. The highest BCUT2D eigenvalue weighted by molar-refractivity contribution is 5.40. The van der Waals surface area contributed by atoms with Crippen LogP contribution >= 0.6 is 0 Å². The number of nitrogens with zero attached hydrogens (tertiary/aromatic N) is 1. The number of anilines is 1. The fourth-order valence-corrected chi connectivity index (χ4v) is 2.22. The molecule has 0 heterocycles. The van der Waals surface area contributed by atoms with Crippen LogP contribution in [0.2, 0.25) is 0 Å². The zero-order chi connectivity index (χ0) is 14.5. The Hall–Kier alpha value is -1.87. The third-order valence-electron chi connectivity index (χ3n) is 3.34. The van der Waals surface area contributed by atoms with Gasteiger partial charge in [0, 0.05) is 24.8 Å². The average Bonchev–Trinajstić information content (AvgIpc) is 2.38. The van der Waals surface area contributed by atoms with E-state index in [-0.39, 0.29) is 5.82 Å². The first kappa shape index (κ1) is 14.5. The van der Waals surface area contributed by atoms with Gasteiger partial charge < -0.3 is 5.73 Å². The maximum absolute atomic E-state index is 13.3. The van der Waals surface area contributed by atoms with Gasteiger partial charge in [0.25, 0.3) is 0 Å². The third kappa shape index (κ3) is 4.07. The van der Waals surface area contributed by atoms with Crippen molar-refractivity contribution in [2.24, 2.45) is 0 Å². The molecule has 2 aromatic carbocycles. The van der Waals surface area contributed by atoms with E-state index >= 15 is 0 Å². The van der Waals surface area contributed by atoms with Gasteiger partial charge in [-0.2, -0.15) is 0 Å². The van der Waals surface area contributed by atoms with E-state index in [9.17, 15) is 4.39 Å². The van der Waals surface area contributed by atoms with Crippen LogP contribution in [0.5, 0.6) is 0 Å². The third-order valence-corrected chi connectivity index (χ3v) is 3.34. The predicted octanol–water partition coefficient (Wildman–Crippen LogP) is 3.82. The van der Waals surface area contributed by atoms with E-state index in [4.69, 9.17) is 5.73 Å². The van der Waals surface area contributed by atoms with E-state index in [0.717, 1.165) is 24.3 Å². The van der Waals surface area contributed by atoms with Gasteiger partial charge in [0.1, 0.15) is 5.82 Å². The monoisotopic (exact) mass is 272 g/mol. The number of nitrogen functional groups attached to an aromatic ring is 1. The minimum atomic E-state index is -0.185. The molecule has 0 saturated heterocycles. The molecule has 0 radical (unpaired) electrons. The van der Waals surface area contributed by atoms with Crippen molar-refractivity contribution >= 4 is 5.69 Å². The molecule has 0 saturated carbocycles. The number of hydrogen-bond acceptors (Lipinski definition) is 2. The molecule has 0 unspecified atom stereocenters. The normalized spacial score (nSPS) is 11.2. The van der Waals surface area contributed by atoms with E-state index < -0.39 is 0 Å². The zero-order valence-electron chi connectivity index (χ0n) is 12.0. The fourth-order valence-electron chi connectivity index (χ4n) is 2.22. The summed E-state index contributed by atoms with van der Waals surface area (Å²) in [4.78, 5) is 2.30. The first-order valence-corrected chi connectivity index (χ1v) is 6.87. The molecule has 2 rings (SSSR count). The lowest BCUT2D eigenvalue weighted by Gasteiger charge is -2.26. The summed E-state index contributed by atoms with van der Waals surface area (Å²) in [6.45, 7) is 5.82. The molecule has 3 heteroatoms. The van der Waals surface area contributed by atoms with Crippen molar-refractivity contribution in [1.82, 2.24) is 4.90 Å². The van der Waals surface area contributed by atoms with Crippen LogP contribution in [0, 0.1) is 5.82 Å². The molecule has 0 aliphatic carbocycles. The van der Waals surface area contributed by atoms with Crippen molar-refractivity contribution in [2.75, 3.05) is 5.73 Å². The van der Waals surface area contributed by atoms with Crippen molar-refractivity contribution < 1.29 is 4.39 Å². The number of benzene rings is 2. The number of hydrogen-bond donors (Lipinski definition) is 1. The highest BCUT2D eigenvalue weighted by Gasteiger charge is 2.11. The lowest BCUT2D eigenvalue weighted by Crippen LogP contribution is -2.29. The summed E-state index contributed by atoms with van der Waals surface area (Å²) < 4.78 is 13.3. The first-order valence-electron chi connectivity index (χ1n) is 6.87. The number of rotatable bonds is 5. The van der Waals surface area contributed by atoms with Gasteiger partial charge in [0.2, 0.25) is 0 Å². The Balaban J connectivity index is 2.11. The van der Waals surface area contributed by atoms with E-state index in [1.54, 1.807) is 12.1 Å². The van der Waals surface area contributed by atoms with Gasteiger partial charge >= 0.3 is 0 Å². The van der Waals surface area contributed by atoms with Crippen LogP contribution in [0.15, 0.2) is 48.5 Å². The smallest absolute Gasteiger partial charge is 0.123 e. The van der Waals surface area contributed by atoms with E-state index in [0.29, 0.717) is 6.04 Å². The summed E-state index contributed by atoms with van der Waals surface area (Å²) in [6.07, 6.45) is 0. The maximum atomic E-state index is 13.3. The number of halogens is 1. The Kier molecular flexibility index (Phi) is 4.74.